The average molecular weight is 254 g/mol. The molecule has 0 unspecified atom stereocenters. The van der Waals surface area contributed by atoms with Gasteiger partial charge in [0.2, 0.25) is 0 Å². The van der Waals surface area contributed by atoms with Crippen LogP contribution in [0.25, 0.3) is 0 Å². The number of hydrogen-bond donors (Lipinski definition) is 1. The van der Waals surface area contributed by atoms with Gasteiger partial charge in [-0.2, -0.15) is 0 Å². The minimum atomic E-state index is 0.769. The van der Waals surface area contributed by atoms with E-state index >= 15 is 0 Å². The van der Waals surface area contributed by atoms with Gasteiger partial charge < -0.3 is 10.1 Å². The SMILES string of the molecule is CCCNCc1cnc(SCCOC)c(C)c1. The summed E-state index contributed by atoms with van der Waals surface area (Å²) in [5, 5.41) is 4.50. The van der Waals surface area contributed by atoms with E-state index in [-0.39, 0.29) is 0 Å². The molecule has 1 N–H and O–H groups in total. The van der Waals surface area contributed by atoms with Gasteiger partial charge in [0, 0.05) is 25.6 Å². The Kier molecular flexibility index (Phi) is 7.24. The van der Waals surface area contributed by atoms with Crippen molar-refractivity contribution in [2.24, 2.45) is 0 Å². The molecule has 0 amide bonds. The van der Waals surface area contributed by atoms with Crippen LogP contribution in [0, 0.1) is 6.92 Å². The molecule has 17 heavy (non-hydrogen) atoms. The van der Waals surface area contributed by atoms with Gasteiger partial charge in [0.1, 0.15) is 0 Å². The molecule has 1 rings (SSSR count). The normalized spacial score (nSPS) is 10.8. The fraction of sp³-hybridized carbons (Fsp3) is 0.615. The molecule has 0 aliphatic heterocycles. The second-order valence-corrected chi connectivity index (χ2v) is 5.07. The van der Waals surface area contributed by atoms with Crippen molar-refractivity contribution in [3.63, 3.8) is 0 Å². The number of aryl methyl sites for hydroxylation is 1. The topological polar surface area (TPSA) is 34.2 Å². The van der Waals surface area contributed by atoms with Gasteiger partial charge >= 0.3 is 0 Å². The van der Waals surface area contributed by atoms with E-state index in [0.717, 1.165) is 36.9 Å². The van der Waals surface area contributed by atoms with Gasteiger partial charge in [0.05, 0.1) is 11.6 Å². The molecule has 0 aromatic carbocycles. The van der Waals surface area contributed by atoms with Crippen molar-refractivity contribution in [2.75, 3.05) is 26.0 Å². The van der Waals surface area contributed by atoms with E-state index < -0.39 is 0 Å². The number of nitrogens with one attached hydrogen (secondary N) is 1. The molecule has 0 saturated carbocycles. The third-order valence-electron chi connectivity index (χ3n) is 2.37. The standard InChI is InChI=1S/C13H22N2OS/c1-4-5-14-9-12-8-11(2)13(15-10-12)17-7-6-16-3/h8,10,14H,4-7,9H2,1-3H3. The Hall–Kier alpha value is -0.580. The van der Waals surface area contributed by atoms with Crippen molar-refractivity contribution in [2.45, 2.75) is 31.8 Å². The second kappa shape index (κ2) is 8.50. The first kappa shape index (κ1) is 14.5. The molecule has 0 radical (unpaired) electrons. The molecule has 96 valence electrons. The third kappa shape index (κ3) is 5.52. The van der Waals surface area contributed by atoms with E-state index in [1.165, 1.54) is 11.1 Å². The van der Waals surface area contributed by atoms with Gasteiger partial charge in [-0.15, -0.1) is 11.8 Å². The Morgan fingerprint density at radius 3 is 2.94 bits per heavy atom. The fourth-order valence-corrected chi connectivity index (χ4v) is 2.36. The van der Waals surface area contributed by atoms with Crippen molar-refractivity contribution in [1.82, 2.24) is 10.3 Å². The van der Waals surface area contributed by atoms with E-state index in [1.54, 1.807) is 18.9 Å². The maximum absolute atomic E-state index is 5.03. The van der Waals surface area contributed by atoms with Crippen LogP contribution in [0.1, 0.15) is 24.5 Å². The van der Waals surface area contributed by atoms with E-state index in [2.05, 4.69) is 30.2 Å². The van der Waals surface area contributed by atoms with Crippen molar-refractivity contribution in [3.8, 4) is 0 Å². The van der Waals surface area contributed by atoms with Crippen molar-refractivity contribution in [1.29, 1.82) is 0 Å². The Labute approximate surface area is 108 Å². The minimum absolute atomic E-state index is 0.769. The molecule has 1 aromatic rings. The summed E-state index contributed by atoms with van der Waals surface area (Å²) in [6.45, 7) is 7.02. The first-order chi connectivity index (χ1) is 8.27. The fourth-order valence-electron chi connectivity index (χ4n) is 1.50. The average Bonchev–Trinajstić information content (AvgIpc) is 2.32. The molecular formula is C13H22N2OS. The minimum Gasteiger partial charge on any atom is -0.384 e. The Morgan fingerprint density at radius 2 is 2.29 bits per heavy atom. The predicted octanol–water partition coefficient (Wildman–Crippen LogP) is 2.63. The molecule has 1 aromatic heterocycles. The predicted molar refractivity (Wildman–Crippen MR) is 73.6 cm³/mol. The maximum atomic E-state index is 5.03. The van der Waals surface area contributed by atoms with E-state index in [0.29, 0.717) is 0 Å². The van der Waals surface area contributed by atoms with Crippen LogP contribution in [-0.2, 0) is 11.3 Å². The highest BCUT2D eigenvalue weighted by molar-refractivity contribution is 7.99. The number of aromatic nitrogens is 1. The van der Waals surface area contributed by atoms with Crippen LogP contribution in [-0.4, -0.2) is 31.0 Å². The molecule has 0 bridgehead atoms. The first-order valence-electron chi connectivity index (χ1n) is 6.06. The van der Waals surface area contributed by atoms with Crippen LogP contribution in [0.3, 0.4) is 0 Å². The summed E-state index contributed by atoms with van der Waals surface area (Å²) in [4.78, 5) is 4.50. The number of thioether (sulfide) groups is 1. The first-order valence-corrected chi connectivity index (χ1v) is 7.04. The van der Waals surface area contributed by atoms with E-state index in [9.17, 15) is 0 Å². The number of rotatable bonds is 8. The second-order valence-electron chi connectivity index (χ2n) is 3.98. The van der Waals surface area contributed by atoms with Gasteiger partial charge in [0.15, 0.2) is 0 Å². The molecule has 0 spiro atoms. The van der Waals surface area contributed by atoms with Gasteiger partial charge in [-0.05, 0) is 31.0 Å². The molecule has 0 aliphatic carbocycles. The lowest BCUT2D eigenvalue weighted by Crippen LogP contribution is -2.14. The summed E-state index contributed by atoms with van der Waals surface area (Å²) < 4.78 is 5.03. The number of methoxy groups -OCH3 is 1. The molecule has 0 aliphatic rings. The largest absolute Gasteiger partial charge is 0.384 e. The zero-order valence-corrected chi connectivity index (χ0v) is 11.8. The van der Waals surface area contributed by atoms with Gasteiger partial charge in [0.25, 0.3) is 0 Å². The number of pyridine rings is 1. The van der Waals surface area contributed by atoms with Gasteiger partial charge in [-0.1, -0.05) is 13.0 Å². The van der Waals surface area contributed by atoms with Crippen molar-refractivity contribution < 1.29 is 4.74 Å². The zero-order valence-electron chi connectivity index (χ0n) is 11.0. The van der Waals surface area contributed by atoms with Crippen LogP contribution >= 0.6 is 11.8 Å². The molecule has 1 heterocycles. The highest BCUT2D eigenvalue weighted by atomic mass is 32.2. The Bertz CT molecular complexity index is 331. The number of ether oxygens (including phenoxy) is 1. The van der Waals surface area contributed by atoms with Crippen LogP contribution in [0.2, 0.25) is 0 Å². The number of nitrogens with zero attached hydrogens (tertiary/aromatic N) is 1. The lowest BCUT2D eigenvalue weighted by Gasteiger charge is -2.08. The molecule has 4 heteroatoms. The summed E-state index contributed by atoms with van der Waals surface area (Å²) in [7, 11) is 1.73. The summed E-state index contributed by atoms with van der Waals surface area (Å²) in [5.74, 6) is 0.956. The van der Waals surface area contributed by atoms with Gasteiger partial charge in [-0.3, -0.25) is 0 Å². The molecular weight excluding hydrogens is 232 g/mol. The quantitative estimate of drug-likeness (QED) is 0.571. The smallest absolute Gasteiger partial charge is 0.0990 e. The molecule has 0 saturated heterocycles. The highest BCUT2D eigenvalue weighted by Crippen LogP contribution is 2.20. The highest BCUT2D eigenvalue weighted by Gasteiger charge is 2.02. The van der Waals surface area contributed by atoms with Crippen molar-refractivity contribution >= 4 is 11.8 Å². The summed E-state index contributed by atoms with van der Waals surface area (Å²) >= 11 is 1.75. The Morgan fingerprint density at radius 1 is 1.47 bits per heavy atom. The third-order valence-corrected chi connectivity index (χ3v) is 3.44. The molecule has 0 atom stereocenters. The lowest BCUT2D eigenvalue weighted by molar-refractivity contribution is 0.218. The van der Waals surface area contributed by atoms with Crippen LogP contribution < -0.4 is 5.32 Å². The van der Waals surface area contributed by atoms with Crippen LogP contribution in [0.5, 0.6) is 0 Å². The van der Waals surface area contributed by atoms with Crippen LogP contribution in [0.4, 0.5) is 0 Å². The molecule has 0 fully saturated rings. The van der Waals surface area contributed by atoms with E-state index in [4.69, 9.17) is 4.74 Å². The summed E-state index contributed by atoms with van der Waals surface area (Å²) in [6, 6.07) is 2.21. The monoisotopic (exact) mass is 254 g/mol. The zero-order chi connectivity index (χ0) is 12.5. The van der Waals surface area contributed by atoms with Gasteiger partial charge in [-0.25, -0.2) is 4.98 Å². The number of hydrogen-bond acceptors (Lipinski definition) is 4. The maximum Gasteiger partial charge on any atom is 0.0990 e. The van der Waals surface area contributed by atoms with E-state index in [1.807, 2.05) is 6.20 Å². The van der Waals surface area contributed by atoms with Crippen LogP contribution in [0.15, 0.2) is 17.3 Å². The summed E-state index contributed by atoms with van der Waals surface area (Å²) in [5.41, 5.74) is 2.51. The van der Waals surface area contributed by atoms with Crippen molar-refractivity contribution in [3.05, 3.63) is 23.4 Å². The summed E-state index contributed by atoms with van der Waals surface area (Å²) in [6.07, 6.45) is 3.13. The Balaban J connectivity index is 2.47. The molecule has 3 nitrogen and oxygen atoms in total. The lowest BCUT2D eigenvalue weighted by atomic mass is 10.2.